The first kappa shape index (κ1) is 11.1. The number of primary amides is 1. The second-order valence-corrected chi connectivity index (χ2v) is 5.31. The number of amides is 1. The molecule has 0 spiro atoms. The zero-order valence-corrected chi connectivity index (χ0v) is 8.45. The monoisotopic (exact) mass is 195 g/mol. The zero-order chi connectivity index (χ0) is 8.69. The maximum atomic E-state index is 11.1. The minimum Gasteiger partial charge on any atom is -0.370 e. The number of rotatable bonds is 6. The van der Waals surface area contributed by atoms with Crippen LogP contribution in [0.1, 0.15) is 6.42 Å². The molecule has 0 fully saturated rings. The van der Waals surface area contributed by atoms with Crippen molar-refractivity contribution in [3.8, 4) is 0 Å². The highest BCUT2D eigenvalue weighted by molar-refractivity contribution is 7.98. The summed E-state index contributed by atoms with van der Waals surface area (Å²) in [6.45, 7) is 0. The standard InChI is InChI=1S/C6H14NO2PS/c1-11-5-4-10(9)3-2-6(7)8/h10H,2-5H2,1H3,(H2,7,8). The van der Waals surface area contributed by atoms with E-state index in [0.29, 0.717) is 6.16 Å². The molecule has 1 atom stereocenters. The lowest BCUT2D eigenvalue weighted by Gasteiger charge is -1.97. The number of carbonyl (C=O) groups excluding carboxylic acids is 1. The van der Waals surface area contributed by atoms with E-state index in [4.69, 9.17) is 5.73 Å². The maximum Gasteiger partial charge on any atom is 0.217 e. The lowest BCUT2D eigenvalue weighted by atomic mass is 10.5. The van der Waals surface area contributed by atoms with Crippen molar-refractivity contribution in [3.05, 3.63) is 0 Å². The highest BCUT2D eigenvalue weighted by Crippen LogP contribution is 2.21. The Labute approximate surface area is 71.9 Å². The molecule has 0 aliphatic carbocycles. The second kappa shape index (κ2) is 6.74. The first-order valence-electron chi connectivity index (χ1n) is 3.45. The summed E-state index contributed by atoms with van der Waals surface area (Å²) in [6, 6.07) is 0. The molecule has 1 unspecified atom stereocenters. The Morgan fingerprint density at radius 1 is 1.55 bits per heavy atom. The maximum absolute atomic E-state index is 11.1. The zero-order valence-electron chi connectivity index (χ0n) is 6.63. The number of carbonyl (C=O) groups is 1. The quantitative estimate of drug-likeness (QED) is 0.637. The van der Waals surface area contributed by atoms with Crippen molar-refractivity contribution >= 4 is 25.5 Å². The minimum atomic E-state index is -1.52. The third-order valence-electron chi connectivity index (χ3n) is 1.24. The van der Waals surface area contributed by atoms with Crippen LogP contribution in [0.5, 0.6) is 0 Å². The molecule has 0 bridgehead atoms. The summed E-state index contributed by atoms with van der Waals surface area (Å²) in [4.78, 5) is 10.3. The molecule has 5 heteroatoms. The van der Waals surface area contributed by atoms with Crippen molar-refractivity contribution in [1.29, 1.82) is 0 Å². The van der Waals surface area contributed by atoms with Gasteiger partial charge in [-0.3, -0.25) is 4.79 Å². The van der Waals surface area contributed by atoms with E-state index < -0.39 is 7.80 Å². The van der Waals surface area contributed by atoms with Gasteiger partial charge in [0.1, 0.15) is 0 Å². The van der Waals surface area contributed by atoms with Crippen molar-refractivity contribution in [2.24, 2.45) is 5.73 Å². The van der Waals surface area contributed by atoms with Crippen LogP contribution >= 0.6 is 19.6 Å². The van der Waals surface area contributed by atoms with Crippen LogP contribution in [0.4, 0.5) is 0 Å². The predicted molar refractivity (Wildman–Crippen MR) is 50.9 cm³/mol. The highest BCUT2D eigenvalue weighted by atomic mass is 32.2. The van der Waals surface area contributed by atoms with Gasteiger partial charge in [-0.1, -0.05) is 0 Å². The van der Waals surface area contributed by atoms with Gasteiger partial charge in [0.25, 0.3) is 0 Å². The van der Waals surface area contributed by atoms with Crippen molar-refractivity contribution in [2.45, 2.75) is 6.42 Å². The normalized spacial score (nSPS) is 12.8. The molecule has 2 N–H and O–H groups in total. The molecule has 0 aliphatic rings. The molecule has 0 aromatic carbocycles. The van der Waals surface area contributed by atoms with Crippen molar-refractivity contribution in [3.63, 3.8) is 0 Å². The topological polar surface area (TPSA) is 60.2 Å². The summed E-state index contributed by atoms with van der Waals surface area (Å²) in [6.07, 6.45) is 3.47. The summed E-state index contributed by atoms with van der Waals surface area (Å²) >= 11 is 1.67. The molecular formula is C6H14NO2PS. The van der Waals surface area contributed by atoms with E-state index in [1.807, 2.05) is 6.26 Å². The largest absolute Gasteiger partial charge is 0.370 e. The van der Waals surface area contributed by atoms with Gasteiger partial charge in [-0.25, -0.2) is 0 Å². The Kier molecular flexibility index (Phi) is 6.77. The van der Waals surface area contributed by atoms with Gasteiger partial charge in [0.15, 0.2) is 0 Å². The number of thioether (sulfide) groups is 1. The fraction of sp³-hybridized carbons (Fsp3) is 0.833. The van der Waals surface area contributed by atoms with Gasteiger partial charge < -0.3 is 10.3 Å². The van der Waals surface area contributed by atoms with E-state index in [1.165, 1.54) is 0 Å². The highest BCUT2D eigenvalue weighted by Gasteiger charge is 2.01. The van der Waals surface area contributed by atoms with Crippen molar-refractivity contribution in [2.75, 3.05) is 24.3 Å². The van der Waals surface area contributed by atoms with Crippen LogP contribution < -0.4 is 5.73 Å². The lowest BCUT2D eigenvalue weighted by molar-refractivity contribution is -0.117. The van der Waals surface area contributed by atoms with Crippen molar-refractivity contribution in [1.82, 2.24) is 0 Å². The molecule has 0 rings (SSSR count). The molecule has 0 aromatic rings. The summed E-state index contributed by atoms with van der Waals surface area (Å²) in [5.41, 5.74) is 4.90. The summed E-state index contributed by atoms with van der Waals surface area (Å²) in [5.74, 6) is 0.559. The first-order chi connectivity index (χ1) is 5.16. The van der Waals surface area contributed by atoms with Crippen LogP contribution in [0.15, 0.2) is 0 Å². The van der Waals surface area contributed by atoms with Crippen LogP contribution in [-0.2, 0) is 9.36 Å². The molecule has 66 valence electrons. The Morgan fingerprint density at radius 3 is 2.64 bits per heavy atom. The summed E-state index contributed by atoms with van der Waals surface area (Å²) < 4.78 is 11.1. The van der Waals surface area contributed by atoms with Gasteiger partial charge in [0, 0.05) is 18.7 Å². The predicted octanol–water partition coefficient (Wildman–Crippen LogP) is 0.785. The molecule has 0 saturated carbocycles. The Morgan fingerprint density at radius 2 is 2.18 bits per heavy atom. The van der Waals surface area contributed by atoms with E-state index in [2.05, 4.69) is 0 Å². The lowest BCUT2D eigenvalue weighted by Crippen LogP contribution is -2.11. The second-order valence-electron chi connectivity index (χ2n) is 2.25. The van der Waals surface area contributed by atoms with Gasteiger partial charge in [-0.2, -0.15) is 11.8 Å². The van der Waals surface area contributed by atoms with Gasteiger partial charge in [-0.15, -0.1) is 0 Å². The van der Waals surface area contributed by atoms with Crippen LogP contribution in [0.2, 0.25) is 0 Å². The van der Waals surface area contributed by atoms with Gasteiger partial charge >= 0.3 is 0 Å². The Bertz CT molecular complexity index is 152. The molecule has 11 heavy (non-hydrogen) atoms. The van der Waals surface area contributed by atoms with E-state index in [9.17, 15) is 9.36 Å². The van der Waals surface area contributed by atoms with Crippen molar-refractivity contribution < 1.29 is 9.36 Å². The van der Waals surface area contributed by atoms with E-state index in [1.54, 1.807) is 11.8 Å². The molecule has 1 amide bonds. The molecule has 0 heterocycles. The molecular weight excluding hydrogens is 181 g/mol. The summed E-state index contributed by atoms with van der Waals surface area (Å²) in [5, 5.41) is 0. The Hall–Kier alpha value is 0.0500. The van der Waals surface area contributed by atoms with Crippen LogP contribution in [0, 0.1) is 0 Å². The summed E-state index contributed by atoms with van der Waals surface area (Å²) in [7, 11) is -1.52. The van der Waals surface area contributed by atoms with Gasteiger partial charge in [0.2, 0.25) is 5.91 Å². The van der Waals surface area contributed by atoms with Crippen LogP contribution in [0.25, 0.3) is 0 Å². The minimum absolute atomic E-state index is 0.270. The third kappa shape index (κ3) is 7.95. The number of hydrogen-bond acceptors (Lipinski definition) is 3. The average molecular weight is 195 g/mol. The van der Waals surface area contributed by atoms with Crippen LogP contribution in [-0.4, -0.2) is 30.2 Å². The Balaban J connectivity index is 3.30. The van der Waals surface area contributed by atoms with Crippen LogP contribution in [0.3, 0.4) is 0 Å². The number of hydrogen-bond donors (Lipinski definition) is 1. The van der Waals surface area contributed by atoms with E-state index in [0.717, 1.165) is 11.9 Å². The fourth-order valence-electron chi connectivity index (χ4n) is 0.604. The van der Waals surface area contributed by atoms with Gasteiger partial charge in [0.05, 0.1) is 7.80 Å². The van der Waals surface area contributed by atoms with E-state index in [-0.39, 0.29) is 12.3 Å². The molecule has 3 nitrogen and oxygen atoms in total. The molecule has 0 aliphatic heterocycles. The number of nitrogens with two attached hydrogens (primary N) is 1. The van der Waals surface area contributed by atoms with Gasteiger partial charge in [-0.05, 0) is 12.0 Å². The first-order valence-corrected chi connectivity index (χ1v) is 6.67. The SMILES string of the molecule is CSCC[PH](=O)CCC(N)=O. The third-order valence-corrected chi connectivity index (χ3v) is 3.83. The molecule has 0 aromatic heterocycles. The van der Waals surface area contributed by atoms with E-state index >= 15 is 0 Å². The average Bonchev–Trinajstić information content (AvgIpc) is 1.97. The smallest absolute Gasteiger partial charge is 0.217 e. The molecule has 0 saturated heterocycles. The fourth-order valence-corrected chi connectivity index (χ4v) is 3.11. The molecule has 0 radical (unpaired) electrons.